The third-order valence-electron chi connectivity index (χ3n) is 2.36. The quantitative estimate of drug-likeness (QED) is 0.747. The van der Waals surface area contributed by atoms with E-state index in [9.17, 15) is 9.90 Å². The number of phenols is 1. The van der Waals surface area contributed by atoms with Gasteiger partial charge in [-0.15, -0.1) is 0 Å². The van der Waals surface area contributed by atoms with Gasteiger partial charge in [0.05, 0.1) is 12.5 Å². The van der Waals surface area contributed by atoms with E-state index in [4.69, 9.17) is 9.47 Å². The van der Waals surface area contributed by atoms with Gasteiger partial charge in [-0.25, -0.2) is 0 Å². The minimum Gasteiger partial charge on any atom is -0.508 e. The lowest BCUT2D eigenvalue weighted by molar-refractivity contribution is -0.141. The lowest BCUT2D eigenvalue weighted by Crippen LogP contribution is -2.11. The number of aromatic hydroxyl groups is 1. The number of ether oxygens (including phenoxy) is 2. The van der Waals surface area contributed by atoms with Crippen molar-refractivity contribution < 1.29 is 19.4 Å². The normalized spacial score (nSPS) is 18.1. The lowest BCUT2D eigenvalue weighted by Gasteiger charge is -2.08. The van der Waals surface area contributed by atoms with Gasteiger partial charge in [0.1, 0.15) is 18.1 Å². The van der Waals surface area contributed by atoms with E-state index in [1.165, 1.54) is 6.92 Å². The van der Waals surface area contributed by atoms with Crippen LogP contribution in [0.3, 0.4) is 0 Å². The maximum Gasteiger partial charge on any atom is 0.302 e. The lowest BCUT2D eigenvalue weighted by atomic mass is 10.0. The molecule has 80 valence electrons. The molecule has 0 spiro atoms. The van der Waals surface area contributed by atoms with Crippen LogP contribution in [-0.4, -0.2) is 24.3 Å². The van der Waals surface area contributed by atoms with Crippen molar-refractivity contribution in [2.45, 2.75) is 12.8 Å². The maximum atomic E-state index is 10.7. The van der Waals surface area contributed by atoms with E-state index in [2.05, 4.69) is 0 Å². The average molecular weight is 208 g/mol. The zero-order valence-corrected chi connectivity index (χ0v) is 8.40. The minimum absolute atomic E-state index is 0.0736. The third-order valence-corrected chi connectivity index (χ3v) is 2.36. The molecule has 1 aromatic carbocycles. The number of carbonyl (C=O) groups excluding carboxylic acids is 1. The van der Waals surface area contributed by atoms with Gasteiger partial charge >= 0.3 is 5.97 Å². The Kier molecular flexibility index (Phi) is 2.49. The fourth-order valence-corrected chi connectivity index (χ4v) is 1.62. The predicted octanol–water partition coefficient (Wildman–Crippen LogP) is 1.43. The van der Waals surface area contributed by atoms with Gasteiger partial charge in [0.25, 0.3) is 0 Å². The van der Waals surface area contributed by atoms with Crippen LogP contribution in [0.4, 0.5) is 0 Å². The van der Waals surface area contributed by atoms with Crippen LogP contribution in [0, 0.1) is 0 Å². The van der Waals surface area contributed by atoms with Gasteiger partial charge in [-0.1, -0.05) is 6.07 Å². The monoisotopic (exact) mass is 208 g/mol. The second-order valence-electron chi connectivity index (χ2n) is 3.53. The van der Waals surface area contributed by atoms with Crippen molar-refractivity contribution in [1.29, 1.82) is 0 Å². The van der Waals surface area contributed by atoms with Crippen molar-refractivity contribution in [3.8, 4) is 11.5 Å². The number of fused-ring (bicyclic) bond motifs is 1. The molecule has 0 radical (unpaired) electrons. The number of benzene rings is 1. The zero-order chi connectivity index (χ0) is 10.8. The van der Waals surface area contributed by atoms with Gasteiger partial charge < -0.3 is 14.6 Å². The summed E-state index contributed by atoms with van der Waals surface area (Å²) in [6, 6.07) is 4.98. The summed E-state index contributed by atoms with van der Waals surface area (Å²) >= 11 is 0. The molecule has 1 aromatic rings. The molecular formula is C11H12O4. The Morgan fingerprint density at radius 2 is 2.47 bits per heavy atom. The molecule has 0 amide bonds. The summed E-state index contributed by atoms with van der Waals surface area (Å²) in [5, 5.41) is 9.24. The Morgan fingerprint density at radius 1 is 1.67 bits per heavy atom. The highest BCUT2D eigenvalue weighted by molar-refractivity contribution is 5.66. The SMILES string of the molecule is CC(=O)OCC1COc2cc(O)ccc21. The highest BCUT2D eigenvalue weighted by atomic mass is 16.5. The first kappa shape index (κ1) is 9.83. The molecule has 15 heavy (non-hydrogen) atoms. The highest BCUT2D eigenvalue weighted by Crippen LogP contribution is 2.36. The predicted molar refractivity (Wildman–Crippen MR) is 53.0 cm³/mol. The van der Waals surface area contributed by atoms with Gasteiger partial charge in [0.15, 0.2) is 0 Å². The van der Waals surface area contributed by atoms with E-state index in [0.29, 0.717) is 19.0 Å². The maximum absolute atomic E-state index is 10.7. The Morgan fingerprint density at radius 3 is 3.20 bits per heavy atom. The molecule has 1 heterocycles. The second-order valence-corrected chi connectivity index (χ2v) is 3.53. The molecule has 1 unspecified atom stereocenters. The molecular weight excluding hydrogens is 196 g/mol. The number of hydrogen-bond donors (Lipinski definition) is 1. The molecule has 0 fully saturated rings. The summed E-state index contributed by atoms with van der Waals surface area (Å²) in [6.07, 6.45) is 0. The molecule has 1 aliphatic heterocycles. The Bertz CT molecular complexity index is 386. The van der Waals surface area contributed by atoms with Crippen LogP contribution in [0.2, 0.25) is 0 Å². The standard InChI is InChI=1S/C11H12O4/c1-7(12)14-5-8-6-15-11-4-9(13)2-3-10(8)11/h2-4,8,13H,5-6H2,1H3. The first-order chi connectivity index (χ1) is 7.16. The second kappa shape index (κ2) is 3.81. The van der Waals surface area contributed by atoms with Crippen LogP contribution >= 0.6 is 0 Å². The Balaban J connectivity index is 2.11. The van der Waals surface area contributed by atoms with Gasteiger partial charge in [-0.3, -0.25) is 4.79 Å². The Hall–Kier alpha value is -1.71. The van der Waals surface area contributed by atoms with Crippen LogP contribution in [0.5, 0.6) is 11.5 Å². The van der Waals surface area contributed by atoms with Crippen molar-refractivity contribution in [3.63, 3.8) is 0 Å². The molecule has 0 aromatic heterocycles. The molecule has 0 saturated carbocycles. The summed E-state index contributed by atoms with van der Waals surface area (Å²) in [5.74, 6) is 0.640. The van der Waals surface area contributed by atoms with Crippen LogP contribution < -0.4 is 4.74 Å². The molecule has 0 bridgehead atoms. The fraction of sp³-hybridized carbons (Fsp3) is 0.364. The van der Waals surface area contributed by atoms with Crippen LogP contribution in [0.15, 0.2) is 18.2 Å². The summed E-state index contributed by atoms with van der Waals surface area (Å²) in [5.41, 5.74) is 0.981. The van der Waals surface area contributed by atoms with E-state index < -0.39 is 0 Å². The van der Waals surface area contributed by atoms with Crippen molar-refractivity contribution >= 4 is 5.97 Å². The first-order valence-electron chi connectivity index (χ1n) is 4.76. The topological polar surface area (TPSA) is 55.8 Å². The number of esters is 1. The Labute approximate surface area is 87.4 Å². The van der Waals surface area contributed by atoms with Crippen LogP contribution in [0.25, 0.3) is 0 Å². The van der Waals surface area contributed by atoms with Crippen molar-refractivity contribution in [2.75, 3.05) is 13.2 Å². The molecule has 1 atom stereocenters. The number of phenolic OH excluding ortho intramolecular Hbond substituents is 1. The molecule has 1 aliphatic rings. The average Bonchev–Trinajstić information content (AvgIpc) is 2.57. The molecule has 1 N–H and O–H groups in total. The summed E-state index contributed by atoms with van der Waals surface area (Å²) in [6.45, 7) is 2.20. The van der Waals surface area contributed by atoms with E-state index in [1.54, 1.807) is 18.2 Å². The van der Waals surface area contributed by atoms with E-state index >= 15 is 0 Å². The minimum atomic E-state index is -0.290. The molecule has 2 rings (SSSR count). The van der Waals surface area contributed by atoms with E-state index in [1.807, 2.05) is 0 Å². The zero-order valence-electron chi connectivity index (χ0n) is 8.40. The molecule has 0 aliphatic carbocycles. The van der Waals surface area contributed by atoms with Crippen LogP contribution in [-0.2, 0) is 9.53 Å². The smallest absolute Gasteiger partial charge is 0.302 e. The van der Waals surface area contributed by atoms with Gasteiger partial charge in [-0.2, -0.15) is 0 Å². The van der Waals surface area contributed by atoms with Gasteiger partial charge in [-0.05, 0) is 6.07 Å². The summed E-state index contributed by atoms with van der Waals surface area (Å²) in [4.78, 5) is 10.7. The van der Waals surface area contributed by atoms with Crippen LogP contribution in [0.1, 0.15) is 18.4 Å². The first-order valence-corrected chi connectivity index (χ1v) is 4.76. The number of carbonyl (C=O) groups is 1. The van der Waals surface area contributed by atoms with Crippen molar-refractivity contribution in [3.05, 3.63) is 23.8 Å². The number of hydrogen-bond acceptors (Lipinski definition) is 4. The molecule has 4 nitrogen and oxygen atoms in total. The molecule has 0 saturated heterocycles. The van der Waals surface area contributed by atoms with Gasteiger partial charge in [0.2, 0.25) is 0 Å². The number of rotatable bonds is 2. The van der Waals surface area contributed by atoms with E-state index in [0.717, 1.165) is 5.56 Å². The van der Waals surface area contributed by atoms with Crippen molar-refractivity contribution in [2.24, 2.45) is 0 Å². The van der Waals surface area contributed by atoms with E-state index in [-0.39, 0.29) is 17.6 Å². The van der Waals surface area contributed by atoms with Gasteiger partial charge in [0, 0.05) is 18.6 Å². The third kappa shape index (κ3) is 2.03. The summed E-state index contributed by atoms with van der Waals surface area (Å²) < 4.78 is 10.3. The molecule has 4 heteroatoms. The fourth-order valence-electron chi connectivity index (χ4n) is 1.62. The highest BCUT2D eigenvalue weighted by Gasteiger charge is 2.25. The van der Waals surface area contributed by atoms with Crippen molar-refractivity contribution in [1.82, 2.24) is 0 Å². The largest absolute Gasteiger partial charge is 0.508 e. The summed E-state index contributed by atoms with van der Waals surface area (Å²) in [7, 11) is 0.